The van der Waals surface area contributed by atoms with Gasteiger partial charge in [-0.2, -0.15) is 0 Å². The van der Waals surface area contributed by atoms with Gasteiger partial charge in [0.05, 0.1) is 82.8 Å². The molecule has 0 bridgehead atoms. The number of hydrogen-bond donors (Lipinski definition) is 0. The van der Waals surface area contributed by atoms with E-state index in [0.29, 0.717) is 0 Å². The first-order valence-corrected chi connectivity index (χ1v) is 46.3. The Labute approximate surface area is 776 Å². The SMILES string of the molecule is c1ccc(-c2cc(-n3c4ccccc4c4ccccc43)cc(-n3c4ccccc4c4cc5c(ccn5-c5ccccc5)cc43)c2)cc1.c1ccc(-c2ccc3c4ccccc4n(-c4ccc(-n5c6ccccc6c6cc7c(ccn7-c7ccccc7)cc65)cc4)c3c2)cc1.c1ccc(-n2ccc3cc4c(cc32)c2ccccc2n4-c2cccc(-n3c4ccccc4c4ccccc43)c2)cc1. The molecular formula is C126H83N9. The number of para-hydroxylation sites is 11. The standard InChI is InChI=1S/2C44H29N3.C38H25N3/c1-3-13-30(14-4-1)32-25-34(46-40-20-10-7-17-36(40)37-18-8-11-21-41(37)46)28-35(26-32)47-42-22-12-9-19-38(42)39-29-43-31(27-44(39)47)23-24-45(43)33-15-5-2-6-16-33;1-3-11-30(12-4-1)31-19-24-38-36-15-7-9-17-40(36)46(43(38)27-31)34-20-22-35(23-21-34)47-41-18-10-8-16-37(41)39-29-42-32(28-44(39)47)25-26-45(42)33-13-5-2-6-14-33;1-2-11-27(12-3-1)39-22-21-26-23-38-33(25-37(26)39)32-17-6-9-20-36(32)41(38)29-14-10-13-28(24-29)40-34-18-7-4-15-30(34)31-16-5-8-19-35(31)40/h2*1-29H;1-25H. The Bertz CT molecular complexity index is 9630. The zero-order valence-corrected chi connectivity index (χ0v) is 73.4. The Hall–Kier alpha value is -18.2. The van der Waals surface area contributed by atoms with E-state index < -0.39 is 0 Å². The molecule has 0 fully saturated rings. The summed E-state index contributed by atoms with van der Waals surface area (Å²) in [6, 6.07) is 176. The summed E-state index contributed by atoms with van der Waals surface area (Å²) in [7, 11) is 0. The van der Waals surface area contributed by atoms with Gasteiger partial charge < -0.3 is 41.1 Å². The fourth-order valence-electron chi connectivity index (χ4n) is 21.7. The Morgan fingerprint density at radius 3 is 0.674 bits per heavy atom. The van der Waals surface area contributed by atoms with Crippen molar-refractivity contribution in [3.8, 4) is 73.4 Å². The molecule has 0 saturated carbocycles. The molecule has 9 nitrogen and oxygen atoms in total. The van der Waals surface area contributed by atoms with Crippen LogP contribution in [0.3, 0.4) is 0 Å². The average Bonchev–Trinajstić information content (AvgIpc) is 1.58. The molecule has 0 atom stereocenters. The zero-order chi connectivity index (χ0) is 88.7. The molecule has 632 valence electrons. The predicted octanol–water partition coefficient (Wildman–Crippen LogP) is 32.8. The molecule has 0 amide bonds. The van der Waals surface area contributed by atoms with Crippen molar-refractivity contribution in [3.63, 3.8) is 0 Å². The molecule has 20 aromatic carbocycles. The van der Waals surface area contributed by atoms with Crippen LogP contribution in [0.4, 0.5) is 0 Å². The number of hydrogen-bond acceptors (Lipinski definition) is 0. The summed E-state index contributed by atoms with van der Waals surface area (Å²) < 4.78 is 21.4. The molecule has 9 aromatic heterocycles. The second-order valence-corrected chi connectivity index (χ2v) is 35.2. The van der Waals surface area contributed by atoms with Crippen molar-refractivity contribution in [2.75, 3.05) is 0 Å². The van der Waals surface area contributed by atoms with Crippen molar-refractivity contribution in [3.05, 3.63) is 504 Å². The van der Waals surface area contributed by atoms with Crippen molar-refractivity contribution in [1.82, 2.24) is 41.1 Å². The monoisotopic (exact) mass is 1720 g/mol. The van der Waals surface area contributed by atoms with E-state index >= 15 is 0 Å². The van der Waals surface area contributed by atoms with Crippen LogP contribution in [-0.2, 0) is 0 Å². The minimum atomic E-state index is 1.14. The van der Waals surface area contributed by atoms with Gasteiger partial charge in [-0.05, 0) is 229 Å². The van der Waals surface area contributed by atoms with Crippen molar-refractivity contribution < 1.29 is 0 Å². The van der Waals surface area contributed by atoms with E-state index in [-0.39, 0.29) is 0 Å². The van der Waals surface area contributed by atoms with E-state index in [9.17, 15) is 0 Å². The third-order valence-corrected chi connectivity index (χ3v) is 27.7. The topological polar surface area (TPSA) is 44.4 Å². The van der Waals surface area contributed by atoms with Crippen LogP contribution in [0.1, 0.15) is 0 Å². The van der Waals surface area contributed by atoms with Crippen LogP contribution >= 0.6 is 0 Å². The lowest BCUT2D eigenvalue weighted by molar-refractivity contribution is 1.13. The molecule has 29 rings (SSSR count). The molecule has 9 heteroatoms. The minimum Gasteiger partial charge on any atom is -0.317 e. The van der Waals surface area contributed by atoms with E-state index in [1.807, 2.05) is 0 Å². The summed E-state index contributed by atoms with van der Waals surface area (Å²) in [4.78, 5) is 0. The van der Waals surface area contributed by atoms with Gasteiger partial charge in [0, 0.05) is 151 Å². The van der Waals surface area contributed by atoms with Gasteiger partial charge in [0.25, 0.3) is 0 Å². The smallest absolute Gasteiger partial charge is 0.0548 e. The Balaban J connectivity index is 0.000000103. The van der Waals surface area contributed by atoms with Gasteiger partial charge in [0.1, 0.15) is 0 Å². The number of nitrogens with zero attached hydrogens (tertiary/aromatic N) is 9. The Morgan fingerprint density at radius 2 is 0.341 bits per heavy atom. The van der Waals surface area contributed by atoms with E-state index in [0.717, 1.165) is 39.8 Å². The summed E-state index contributed by atoms with van der Waals surface area (Å²) in [6.45, 7) is 0. The number of rotatable bonds is 11. The van der Waals surface area contributed by atoms with Crippen LogP contribution in [0.25, 0.3) is 237 Å². The third-order valence-electron chi connectivity index (χ3n) is 27.7. The fourth-order valence-corrected chi connectivity index (χ4v) is 21.7. The molecule has 0 saturated heterocycles. The summed E-state index contributed by atoms with van der Waals surface area (Å²) >= 11 is 0. The third kappa shape index (κ3) is 12.5. The Morgan fingerprint density at radius 1 is 0.104 bits per heavy atom. The number of benzene rings is 20. The molecule has 0 aliphatic carbocycles. The molecule has 0 radical (unpaired) electrons. The normalized spacial score (nSPS) is 11.9. The van der Waals surface area contributed by atoms with E-state index in [4.69, 9.17) is 0 Å². The molecule has 29 aromatic rings. The number of aromatic nitrogens is 9. The fraction of sp³-hybridized carbons (Fsp3) is 0. The lowest BCUT2D eigenvalue weighted by atomic mass is 10.0. The van der Waals surface area contributed by atoms with Crippen molar-refractivity contribution in [2.45, 2.75) is 0 Å². The zero-order valence-electron chi connectivity index (χ0n) is 73.4. The summed E-state index contributed by atoms with van der Waals surface area (Å²) in [5.41, 5.74) is 33.3. The van der Waals surface area contributed by atoms with Crippen LogP contribution in [-0.4, -0.2) is 41.1 Å². The van der Waals surface area contributed by atoms with Crippen LogP contribution < -0.4 is 0 Å². The maximum absolute atomic E-state index is 2.45. The number of fused-ring (bicyclic) bond motifs is 21. The van der Waals surface area contributed by atoms with E-state index in [1.165, 1.54) is 197 Å². The molecule has 0 spiro atoms. The quantitative estimate of drug-likeness (QED) is 0.124. The highest BCUT2D eigenvalue weighted by Crippen LogP contribution is 2.45. The summed E-state index contributed by atoms with van der Waals surface area (Å²) in [6.07, 6.45) is 6.53. The highest BCUT2D eigenvalue weighted by atomic mass is 15.1. The summed E-state index contributed by atoms with van der Waals surface area (Å²) in [5.74, 6) is 0. The second kappa shape index (κ2) is 31.3. The first-order valence-electron chi connectivity index (χ1n) is 46.3. The lowest BCUT2D eigenvalue weighted by Crippen LogP contribution is -2.00. The van der Waals surface area contributed by atoms with Crippen molar-refractivity contribution in [1.29, 1.82) is 0 Å². The van der Waals surface area contributed by atoms with Crippen LogP contribution in [0, 0.1) is 0 Å². The van der Waals surface area contributed by atoms with Crippen LogP contribution in [0.5, 0.6) is 0 Å². The molecule has 0 unspecified atom stereocenters. The highest BCUT2D eigenvalue weighted by Gasteiger charge is 2.24. The highest BCUT2D eigenvalue weighted by molar-refractivity contribution is 6.18. The lowest BCUT2D eigenvalue weighted by Gasteiger charge is -2.16. The maximum atomic E-state index is 2.45. The van der Waals surface area contributed by atoms with Gasteiger partial charge in [0.2, 0.25) is 0 Å². The average molecular weight is 1720 g/mol. The van der Waals surface area contributed by atoms with Gasteiger partial charge in [0.15, 0.2) is 0 Å². The van der Waals surface area contributed by atoms with E-state index in [1.54, 1.807) is 0 Å². The maximum Gasteiger partial charge on any atom is 0.0548 e. The largest absolute Gasteiger partial charge is 0.317 e. The van der Waals surface area contributed by atoms with Gasteiger partial charge >= 0.3 is 0 Å². The van der Waals surface area contributed by atoms with Gasteiger partial charge in [-0.3, -0.25) is 0 Å². The van der Waals surface area contributed by atoms with E-state index in [2.05, 4.69) is 545 Å². The summed E-state index contributed by atoms with van der Waals surface area (Å²) in [5, 5.41) is 18.8. The van der Waals surface area contributed by atoms with Gasteiger partial charge in [-0.1, -0.05) is 279 Å². The van der Waals surface area contributed by atoms with Crippen LogP contribution in [0.2, 0.25) is 0 Å². The molecular weight excluding hydrogens is 1640 g/mol. The molecule has 135 heavy (non-hydrogen) atoms. The molecule has 0 aliphatic heterocycles. The molecule has 0 aliphatic rings. The van der Waals surface area contributed by atoms with Crippen LogP contribution in [0.15, 0.2) is 504 Å². The first kappa shape index (κ1) is 76.8. The molecule has 9 heterocycles. The van der Waals surface area contributed by atoms with Crippen molar-refractivity contribution in [2.24, 2.45) is 0 Å². The predicted molar refractivity (Wildman–Crippen MR) is 567 cm³/mol. The molecule has 0 N–H and O–H groups in total. The van der Waals surface area contributed by atoms with Crippen molar-refractivity contribution >= 4 is 164 Å². The minimum absolute atomic E-state index is 1.14. The second-order valence-electron chi connectivity index (χ2n) is 35.2. The Kier molecular flexibility index (Phi) is 17.8. The van der Waals surface area contributed by atoms with Gasteiger partial charge in [-0.25, -0.2) is 0 Å². The first-order chi connectivity index (χ1) is 67.0. The van der Waals surface area contributed by atoms with Gasteiger partial charge in [-0.15, -0.1) is 0 Å².